The zero-order chi connectivity index (χ0) is 9.60. The fourth-order valence-corrected chi connectivity index (χ4v) is 2.41. The van der Waals surface area contributed by atoms with Gasteiger partial charge in [0.05, 0.1) is 6.54 Å². The Morgan fingerprint density at radius 3 is 3.00 bits per heavy atom. The maximum Gasteiger partial charge on any atom is 0.408 e. The van der Waals surface area contributed by atoms with Crippen molar-refractivity contribution < 1.29 is 9.53 Å². The van der Waals surface area contributed by atoms with Crippen LogP contribution in [-0.2, 0) is 16.8 Å². The van der Waals surface area contributed by atoms with Gasteiger partial charge in [-0.05, 0) is 18.4 Å². The first-order valence-corrected chi connectivity index (χ1v) is 4.85. The van der Waals surface area contributed by atoms with Crippen LogP contribution in [0.4, 0.5) is 4.79 Å². The lowest BCUT2D eigenvalue weighted by Crippen LogP contribution is -2.27. The molecule has 72 valence electrons. The predicted molar refractivity (Wildman–Crippen MR) is 50.9 cm³/mol. The van der Waals surface area contributed by atoms with Gasteiger partial charge >= 0.3 is 6.09 Å². The molecule has 0 bridgehead atoms. The highest BCUT2D eigenvalue weighted by molar-refractivity contribution is 5.71. The molecule has 0 saturated carbocycles. The highest BCUT2D eigenvalue weighted by Gasteiger charge is 2.46. The molecule has 1 spiro atoms. The van der Waals surface area contributed by atoms with Gasteiger partial charge in [0, 0.05) is 5.56 Å². The lowest BCUT2D eigenvalue weighted by atomic mass is 9.96. The minimum Gasteiger partial charge on any atom is -0.436 e. The van der Waals surface area contributed by atoms with Gasteiger partial charge in [-0.2, -0.15) is 0 Å². The SMILES string of the molecule is O=C1NC[C@]2(CCc3ccccc32)O1. The molecule has 3 rings (SSSR count). The van der Waals surface area contributed by atoms with Gasteiger partial charge in [-0.3, -0.25) is 0 Å². The topological polar surface area (TPSA) is 38.3 Å². The Morgan fingerprint density at radius 1 is 1.36 bits per heavy atom. The van der Waals surface area contributed by atoms with E-state index in [1.54, 1.807) is 0 Å². The van der Waals surface area contributed by atoms with E-state index in [9.17, 15) is 4.79 Å². The van der Waals surface area contributed by atoms with E-state index in [2.05, 4.69) is 17.4 Å². The number of fused-ring (bicyclic) bond motifs is 2. The van der Waals surface area contributed by atoms with E-state index < -0.39 is 0 Å². The predicted octanol–water partition coefficient (Wildman–Crippen LogP) is 1.57. The number of carbonyl (C=O) groups excluding carboxylic acids is 1. The first-order valence-electron chi connectivity index (χ1n) is 4.85. The number of aryl methyl sites for hydroxylation is 1. The maximum atomic E-state index is 11.1. The summed E-state index contributed by atoms with van der Waals surface area (Å²) in [5, 5.41) is 2.73. The van der Waals surface area contributed by atoms with E-state index in [0.29, 0.717) is 6.54 Å². The summed E-state index contributed by atoms with van der Waals surface area (Å²) in [4.78, 5) is 11.1. The molecule has 2 aliphatic rings. The average molecular weight is 189 g/mol. The van der Waals surface area contributed by atoms with Gasteiger partial charge < -0.3 is 10.1 Å². The molecule has 3 nitrogen and oxygen atoms in total. The summed E-state index contributed by atoms with van der Waals surface area (Å²) in [5.41, 5.74) is 2.12. The van der Waals surface area contributed by atoms with Crippen LogP contribution >= 0.6 is 0 Å². The van der Waals surface area contributed by atoms with Crippen LogP contribution in [0.15, 0.2) is 24.3 Å². The molecule has 0 unspecified atom stereocenters. The molecule has 1 aliphatic heterocycles. The summed E-state index contributed by atoms with van der Waals surface area (Å²) in [6.07, 6.45) is 1.62. The number of rotatable bonds is 0. The molecule has 1 amide bonds. The van der Waals surface area contributed by atoms with Crippen molar-refractivity contribution in [2.45, 2.75) is 18.4 Å². The number of amides is 1. The molecule has 1 fully saturated rings. The number of hydrogen-bond acceptors (Lipinski definition) is 2. The summed E-state index contributed by atoms with van der Waals surface area (Å²) in [6.45, 7) is 0.614. The van der Waals surface area contributed by atoms with Crippen molar-refractivity contribution in [3.05, 3.63) is 35.4 Å². The van der Waals surface area contributed by atoms with Gasteiger partial charge in [0.15, 0.2) is 5.60 Å². The maximum absolute atomic E-state index is 11.1. The van der Waals surface area contributed by atoms with E-state index in [-0.39, 0.29) is 11.7 Å². The standard InChI is InChI=1S/C11H11NO2/c13-10-12-7-11(14-10)6-5-8-3-1-2-4-9(8)11/h1-4H,5-7H2,(H,12,13)/t11-/m0/s1. The number of ether oxygens (including phenoxy) is 1. The van der Waals surface area contributed by atoms with Crippen LogP contribution < -0.4 is 5.32 Å². The lowest BCUT2D eigenvalue weighted by Gasteiger charge is -2.21. The van der Waals surface area contributed by atoms with Crippen LogP contribution in [0.25, 0.3) is 0 Å². The van der Waals surface area contributed by atoms with Crippen molar-refractivity contribution >= 4 is 6.09 Å². The van der Waals surface area contributed by atoms with Crippen LogP contribution in [0, 0.1) is 0 Å². The van der Waals surface area contributed by atoms with E-state index in [1.165, 1.54) is 11.1 Å². The molecule has 14 heavy (non-hydrogen) atoms. The Kier molecular flexibility index (Phi) is 1.40. The first-order chi connectivity index (χ1) is 6.80. The van der Waals surface area contributed by atoms with Crippen molar-refractivity contribution in [2.75, 3.05) is 6.54 Å². The molecule has 0 radical (unpaired) electrons. The number of nitrogens with one attached hydrogen (secondary N) is 1. The molecular weight excluding hydrogens is 178 g/mol. The number of benzene rings is 1. The van der Waals surface area contributed by atoms with Gasteiger partial charge in [-0.1, -0.05) is 24.3 Å². The lowest BCUT2D eigenvalue weighted by molar-refractivity contribution is 0.0561. The third-order valence-electron chi connectivity index (χ3n) is 3.11. The highest BCUT2D eigenvalue weighted by Crippen LogP contribution is 2.41. The quantitative estimate of drug-likeness (QED) is 0.672. The summed E-state index contributed by atoms with van der Waals surface area (Å²) >= 11 is 0. The molecule has 3 heteroatoms. The third kappa shape index (κ3) is 0.895. The molecular formula is C11H11NO2. The fraction of sp³-hybridized carbons (Fsp3) is 0.364. The Hall–Kier alpha value is -1.51. The molecule has 1 saturated heterocycles. The van der Waals surface area contributed by atoms with E-state index >= 15 is 0 Å². The second-order valence-electron chi connectivity index (χ2n) is 3.89. The van der Waals surface area contributed by atoms with Crippen molar-refractivity contribution in [3.63, 3.8) is 0 Å². The molecule has 0 aromatic heterocycles. The van der Waals surface area contributed by atoms with E-state index in [0.717, 1.165) is 12.8 Å². The summed E-state index contributed by atoms with van der Waals surface area (Å²) in [6, 6.07) is 8.19. The highest BCUT2D eigenvalue weighted by atomic mass is 16.6. The normalized spacial score (nSPS) is 28.7. The zero-order valence-corrected chi connectivity index (χ0v) is 7.75. The van der Waals surface area contributed by atoms with Gasteiger partial charge in [-0.25, -0.2) is 4.79 Å². The van der Waals surface area contributed by atoms with Gasteiger partial charge in [0.2, 0.25) is 0 Å². The summed E-state index contributed by atoms with van der Waals surface area (Å²) in [7, 11) is 0. The number of alkyl carbamates (subject to hydrolysis) is 1. The zero-order valence-electron chi connectivity index (χ0n) is 7.75. The van der Waals surface area contributed by atoms with Crippen LogP contribution in [0.5, 0.6) is 0 Å². The fourth-order valence-electron chi connectivity index (χ4n) is 2.41. The van der Waals surface area contributed by atoms with Crippen molar-refractivity contribution in [1.29, 1.82) is 0 Å². The number of carbonyl (C=O) groups is 1. The minimum atomic E-state index is -0.367. The minimum absolute atomic E-state index is 0.290. The van der Waals surface area contributed by atoms with Crippen LogP contribution in [0.1, 0.15) is 17.5 Å². The van der Waals surface area contributed by atoms with Crippen molar-refractivity contribution in [3.8, 4) is 0 Å². The molecule has 1 atom stereocenters. The van der Waals surface area contributed by atoms with Gasteiger partial charge in [-0.15, -0.1) is 0 Å². The average Bonchev–Trinajstić information content (AvgIpc) is 2.75. The van der Waals surface area contributed by atoms with Gasteiger partial charge in [0.25, 0.3) is 0 Å². The smallest absolute Gasteiger partial charge is 0.408 e. The third-order valence-corrected chi connectivity index (χ3v) is 3.11. The van der Waals surface area contributed by atoms with E-state index in [1.807, 2.05) is 12.1 Å². The van der Waals surface area contributed by atoms with Crippen molar-refractivity contribution in [2.24, 2.45) is 0 Å². The molecule has 1 aliphatic carbocycles. The largest absolute Gasteiger partial charge is 0.436 e. The molecule has 1 heterocycles. The monoisotopic (exact) mass is 189 g/mol. The molecule has 1 N–H and O–H groups in total. The Morgan fingerprint density at radius 2 is 2.21 bits per heavy atom. The first kappa shape index (κ1) is 7.85. The van der Waals surface area contributed by atoms with Crippen LogP contribution in [0.3, 0.4) is 0 Å². The Balaban J connectivity index is 2.09. The Labute approximate surface area is 82.1 Å². The number of hydrogen-bond donors (Lipinski definition) is 1. The Bertz CT molecular complexity index is 402. The van der Waals surface area contributed by atoms with E-state index in [4.69, 9.17) is 4.74 Å². The van der Waals surface area contributed by atoms with Gasteiger partial charge in [0.1, 0.15) is 0 Å². The van der Waals surface area contributed by atoms with Crippen LogP contribution in [0.2, 0.25) is 0 Å². The second-order valence-corrected chi connectivity index (χ2v) is 3.89. The summed E-state index contributed by atoms with van der Waals surface area (Å²) in [5.74, 6) is 0. The van der Waals surface area contributed by atoms with Crippen LogP contribution in [-0.4, -0.2) is 12.6 Å². The second kappa shape index (κ2) is 2.50. The van der Waals surface area contributed by atoms with Crippen molar-refractivity contribution in [1.82, 2.24) is 5.32 Å². The molecule has 1 aromatic carbocycles. The molecule has 1 aromatic rings. The summed E-state index contributed by atoms with van der Waals surface area (Å²) < 4.78 is 5.39.